The van der Waals surface area contributed by atoms with Gasteiger partial charge in [-0.3, -0.25) is 9.59 Å². The van der Waals surface area contributed by atoms with Crippen molar-refractivity contribution in [3.8, 4) is 5.69 Å². The van der Waals surface area contributed by atoms with Crippen molar-refractivity contribution in [3.63, 3.8) is 0 Å². The minimum atomic E-state index is -0.377. The number of carbonyl (C=O) groups is 3. The molecule has 2 amide bonds. The van der Waals surface area contributed by atoms with Gasteiger partial charge in [0.25, 0.3) is 11.1 Å². The zero-order chi connectivity index (χ0) is 23.7. The lowest BCUT2D eigenvalue weighted by Gasteiger charge is -2.12. The minimum Gasteiger partial charge on any atom is -0.462 e. The zero-order valence-corrected chi connectivity index (χ0v) is 19.9. The maximum absolute atomic E-state index is 13.0. The normalized spacial score (nSPS) is 14.9. The third kappa shape index (κ3) is 4.47. The van der Waals surface area contributed by atoms with E-state index in [1.807, 2.05) is 30.5 Å². The summed E-state index contributed by atoms with van der Waals surface area (Å²) >= 11 is 6.82. The van der Waals surface area contributed by atoms with Crippen molar-refractivity contribution < 1.29 is 19.1 Å². The van der Waals surface area contributed by atoms with Crippen LogP contribution < -0.4 is 4.90 Å². The molecule has 0 aliphatic carbocycles. The number of halogens is 1. The van der Waals surface area contributed by atoms with E-state index in [0.29, 0.717) is 27.8 Å². The van der Waals surface area contributed by atoms with Gasteiger partial charge in [-0.25, -0.2) is 9.69 Å². The number of aryl methyl sites for hydroxylation is 1. The molecule has 0 saturated carbocycles. The molecule has 1 aromatic heterocycles. The van der Waals surface area contributed by atoms with Crippen molar-refractivity contribution in [1.82, 2.24) is 4.57 Å². The molecule has 1 fully saturated rings. The lowest BCUT2D eigenvalue weighted by Crippen LogP contribution is -2.27. The van der Waals surface area contributed by atoms with Crippen LogP contribution in [0.3, 0.4) is 0 Å². The number of esters is 1. The quantitative estimate of drug-likeness (QED) is 0.323. The van der Waals surface area contributed by atoms with Gasteiger partial charge in [0.05, 0.1) is 22.8 Å². The van der Waals surface area contributed by atoms with Gasteiger partial charge in [0.15, 0.2) is 0 Å². The summed E-state index contributed by atoms with van der Waals surface area (Å²) in [7, 11) is 0. The molecule has 4 rings (SSSR count). The van der Waals surface area contributed by atoms with Crippen LogP contribution in [0.5, 0.6) is 0 Å². The van der Waals surface area contributed by atoms with E-state index in [1.54, 1.807) is 55.5 Å². The maximum atomic E-state index is 13.0. The molecule has 2 heterocycles. The number of rotatable bonds is 5. The summed E-state index contributed by atoms with van der Waals surface area (Å²) < 4.78 is 7.10. The van der Waals surface area contributed by atoms with Gasteiger partial charge in [0, 0.05) is 22.1 Å². The van der Waals surface area contributed by atoms with Crippen LogP contribution >= 0.6 is 23.4 Å². The number of anilines is 1. The third-order valence-corrected chi connectivity index (χ3v) is 6.37. The number of benzene rings is 2. The first-order valence-electron chi connectivity index (χ1n) is 10.3. The van der Waals surface area contributed by atoms with Crippen LogP contribution in [0.1, 0.15) is 34.2 Å². The van der Waals surface area contributed by atoms with E-state index in [1.165, 1.54) is 0 Å². The minimum absolute atomic E-state index is 0.305. The van der Waals surface area contributed by atoms with Gasteiger partial charge in [0.2, 0.25) is 0 Å². The Kier molecular flexibility index (Phi) is 6.44. The molecule has 0 unspecified atom stereocenters. The van der Waals surface area contributed by atoms with Gasteiger partial charge in [-0.2, -0.15) is 0 Å². The molecule has 1 aliphatic heterocycles. The SMILES string of the molecule is CCOC(=O)c1cccc(-n2c(C)cc(/C=C3/SC(=O)N(c4ccc(Cl)cc4)C3=O)c2C)c1. The molecule has 168 valence electrons. The smallest absolute Gasteiger partial charge is 0.338 e. The van der Waals surface area contributed by atoms with Crippen molar-refractivity contribution in [2.45, 2.75) is 20.8 Å². The second-order valence-corrected chi connectivity index (χ2v) is 8.86. The standard InChI is InChI=1S/C25H21ClN2O4S/c1-4-32-24(30)17-6-5-7-21(13-17)27-15(2)12-18(16(27)3)14-22-23(29)28(25(31)33-22)20-10-8-19(26)9-11-20/h5-14H,4H2,1-3H3/b22-14+. The molecule has 3 aromatic rings. The molecule has 2 aromatic carbocycles. The van der Waals surface area contributed by atoms with Crippen LogP contribution in [0, 0.1) is 13.8 Å². The van der Waals surface area contributed by atoms with E-state index in [9.17, 15) is 14.4 Å². The van der Waals surface area contributed by atoms with Crippen LogP contribution in [0.25, 0.3) is 11.8 Å². The number of imide groups is 1. The molecule has 1 saturated heterocycles. The highest BCUT2D eigenvalue weighted by molar-refractivity contribution is 8.19. The van der Waals surface area contributed by atoms with E-state index in [0.717, 1.165) is 39.3 Å². The topological polar surface area (TPSA) is 68.6 Å². The van der Waals surface area contributed by atoms with Crippen molar-refractivity contribution >= 4 is 52.2 Å². The van der Waals surface area contributed by atoms with Gasteiger partial charge < -0.3 is 9.30 Å². The second-order valence-electron chi connectivity index (χ2n) is 7.43. The molecular formula is C25H21ClN2O4S. The number of thioether (sulfide) groups is 1. The number of carbonyl (C=O) groups excluding carboxylic acids is 3. The highest BCUT2D eigenvalue weighted by atomic mass is 35.5. The third-order valence-electron chi connectivity index (χ3n) is 5.25. The first-order valence-corrected chi connectivity index (χ1v) is 11.5. The largest absolute Gasteiger partial charge is 0.462 e. The first-order chi connectivity index (χ1) is 15.8. The fourth-order valence-electron chi connectivity index (χ4n) is 3.74. The van der Waals surface area contributed by atoms with Crippen LogP contribution in [-0.4, -0.2) is 28.3 Å². The van der Waals surface area contributed by atoms with Crippen LogP contribution in [0.4, 0.5) is 10.5 Å². The van der Waals surface area contributed by atoms with E-state index in [4.69, 9.17) is 16.3 Å². The molecule has 0 bridgehead atoms. The lowest BCUT2D eigenvalue weighted by molar-refractivity contribution is -0.113. The number of nitrogens with zero attached hydrogens (tertiary/aromatic N) is 2. The number of hydrogen-bond acceptors (Lipinski definition) is 5. The fraction of sp³-hybridized carbons (Fsp3) is 0.160. The Bertz CT molecular complexity index is 1290. The lowest BCUT2D eigenvalue weighted by atomic mass is 10.2. The highest BCUT2D eigenvalue weighted by Crippen LogP contribution is 2.37. The Balaban J connectivity index is 1.67. The van der Waals surface area contributed by atoms with Gasteiger partial charge in [-0.1, -0.05) is 17.7 Å². The summed E-state index contributed by atoms with van der Waals surface area (Å²) in [5, 5.41) is 0.172. The molecular weight excluding hydrogens is 460 g/mol. The van der Waals surface area contributed by atoms with Crippen LogP contribution in [0.2, 0.25) is 5.02 Å². The first kappa shape index (κ1) is 22.9. The number of amides is 2. The van der Waals surface area contributed by atoms with E-state index in [-0.39, 0.29) is 17.1 Å². The highest BCUT2D eigenvalue weighted by Gasteiger charge is 2.36. The Labute approximate surface area is 200 Å². The summed E-state index contributed by atoms with van der Waals surface area (Å²) in [6.07, 6.45) is 1.73. The van der Waals surface area contributed by atoms with Crippen LogP contribution in [0.15, 0.2) is 59.5 Å². The van der Waals surface area contributed by atoms with Crippen molar-refractivity contribution in [1.29, 1.82) is 0 Å². The zero-order valence-electron chi connectivity index (χ0n) is 18.3. The Hall–Kier alpha value is -3.29. The fourth-order valence-corrected chi connectivity index (χ4v) is 4.70. The van der Waals surface area contributed by atoms with Crippen LogP contribution in [-0.2, 0) is 9.53 Å². The molecule has 1 aliphatic rings. The Morgan fingerprint density at radius 1 is 1.06 bits per heavy atom. The molecule has 0 radical (unpaired) electrons. The number of hydrogen-bond donors (Lipinski definition) is 0. The van der Waals surface area contributed by atoms with Crippen molar-refractivity contribution in [2.75, 3.05) is 11.5 Å². The maximum Gasteiger partial charge on any atom is 0.338 e. The van der Waals surface area contributed by atoms with Gasteiger partial charge in [-0.15, -0.1) is 0 Å². The summed E-state index contributed by atoms with van der Waals surface area (Å²) in [5.74, 6) is -0.751. The Morgan fingerprint density at radius 3 is 2.48 bits per heavy atom. The summed E-state index contributed by atoms with van der Waals surface area (Å²) in [6.45, 7) is 5.95. The number of aromatic nitrogens is 1. The molecule has 0 N–H and O–H groups in total. The monoisotopic (exact) mass is 480 g/mol. The molecule has 8 heteroatoms. The number of ether oxygens (including phenoxy) is 1. The summed E-state index contributed by atoms with van der Waals surface area (Å²) in [6, 6.07) is 15.7. The van der Waals surface area contributed by atoms with Gasteiger partial charge in [0.1, 0.15) is 0 Å². The van der Waals surface area contributed by atoms with Gasteiger partial charge in [-0.05, 0) is 92.7 Å². The molecule has 33 heavy (non-hydrogen) atoms. The predicted molar refractivity (Wildman–Crippen MR) is 131 cm³/mol. The molecule has 6 nitrogen and oxygen atoms in total. The Morgan fingerprint density at radius 2 is 1.79 bits per heavy atom. The van der Waals surface area contributed by atoms with E-state index in [2.05, 4.69) is 0 Å². The average Bonchev–Trinajstić information content (AvgIpc) is 3.23. The molecule has 0 spiro atoms. The van der Waals surface area contributed by atoms with E-state index < -0.39 is 0 Å². The average molecular weight is 481 g/mol. The molecule has 0 atom stereocenters. The van der Waals surface area contributed by atoms with E-state index >= 15 is 0 Å². The second kappa shape index (κ2) is 9.29. The predicted octanol–water partition coefficient (Wildman–Crippen LogP) is 6.17. The summed E-state index contributed by atoms with van der Waals surface area (Å²) in [4.78, 5) is 39.2. The van der Waals surface area contributed by atoms with Crippen molar-refractivity contribution in [2.24, 2.45) is 0 Å². The van der Waals surface area contributed by atoms with Crippen molar-refractivity contribution in [3.05, 3.63) is 87.0 Å². The van der Waals surface area contributed by atoms with Gasteiger partial charge >= 0.3 is 5.97 Å². The summed E-state index contributed by atoms with van der Waals surface area (Å²) in [5.41, 5.74) is 4.38.